The van der Waals surface area contributed by atoms with Gasteiger partial charge in [-0.25, -0.2) is 8.78 Å². The van der Waals surface area contributed by atoms with Crippen molar-refractivity contribution in [2.75, 3.05) is 0 Å². The summed E-state index contributed by atoms with van der Waals surface area (Å²) in [5.41, 5.74) is 6.42. The number of thiocarbonyl (C=S) groups is 1. The molecule has 0 saturated heterocycles. The lowest BCUT2D eigenvalue weighted by Crippen LogP contribution is -2.09. The van der Waals surface area contributed by atoms with Gasteiger partial charge in [-0.15, -0.1) is 0 Å². The van der Waals surface area contributed by atoms with E-state index in [-0.39, 0.29) is 11.6 Å². The van der Waals surface area contributed by atoms with Gasteiger partial charge in [0.05, 0.1) is 5.02 Å². The van der Waals surface area contributed by atoms with Gasteiger partial charge in [-0.05, 0) is 35.9 Å². The summed E-state index contributed by atoms with van der Waals surface area (Å²) in [4.78, 5) is 0.189. The molecule has 2 rings (SSSR count). The van der Waals surface area contributed by atoms with E-state index in [1.165, 1.54) is 12.1 Å². The van der Waals surface area contributed by atoms with E-state index in [1.807, 2.05) is 0 Å². The van der Waals surface area contributed by atoms with Crippen LogP contribution in [0, 0.1) is 11.6 Å². The molecule has 6 heteroatoms. The third-order valence-electron chi connectivity index (χ3n) is 2.53. The van der Waals surface area contributed by atoms with Crippen LogP contribution in [0.2, 0.25) is 5.02 Å². The Balaban J connectivity index is 2.11. The van der Waals surface area contributed by atoms with Gasteiger partial charge in [0, 0.05) is 11.6 Å². The highest BCUT2D eigenvalue weighted by Gasteiger charge is 2.06. The molecule has 2 aromatic rings. The molecule has 0 unspecified atom stereocenters. The van der Waals surface area contributed by atoms with Crippen LogP contribution in [0.5, 0.6) is 5.75 Å². The van der Waals surface area contributed by atoms with Gasteiger partial charge < -0.3 is 10.5 Å². The Labute approximate surface area is 125 Å². The largest absolute Gasteiger partial charge is 0.489 e. The first kappa shape index (κ1) is 14.7. The molecule has 0 bridgehead atoms. The van der Waals surface area contributed by atoms with Gasteiger partial charge in [0.2, 0.25) is 0 Å². The van der Waals surface area contributed by atoms with Crippen LogP contribution in [0.4, 0.5) is 8.78 Å². The highest BCUT2D eigenvalue weighted by Crippen LogP contribution is 2.23. The third-order valence-corrected chi connectivity index (χ3v) is 3.07. The number of rotatable bonds is 4. The molecular formula is C14H10ClF2NOS. The van der Waals surface area contributed by atoms with Crippen molar-refractivity contribution in [2.45, 2.75) is 6.61 Å². The van der Waals surface area contributed by atoms with Crippen molar-refractivity contribution in [3.8, 4) is 5.75 Å². The SMILES string of the molecule is NC(=S)c1ccc(OCc2cc(F)cc(F)c2)cc1Cl. The van der Waals surface area contributed by atoms with Crippen LogP contribution in [0.1, 0.15) is 11.1 Å². The average Bonchev–Trinajstić information content (AvgIpc) is 2.35. The molecule has 0 radical (unpaired) electrons. The molecule has 0 saturated carbocycles. The zero-order valence-corrected chi connectivity index (χ0v) is 11.8. The fourth-order valence-corrected chi connectivity index (χ4v) is 2.15. The van der Waals surface area contributed by atoms with Crippen LogP contribution in [0.15, 0.2) is 36.4 Å². The van der Waals surface area contributed by atoms with Crippen molar-refractivity contribution in [1.29, 1.82) is 0 Å². The Morgan fingerprint density at radius 1 is 1.15 bits per heavy atom. The third kappa shape index (κ3) is 3.65. The number of ether oxygens (including phenoxy) is 1. The van der Waals surface area contributed by atoms with Gasteiger partial charge >= 0.3 is 0 Å². The molecule has 0 heterocycles. The van der Waals surface area contributed by atoms with Gasteiger partial charge in [-0.1, -0.05) is 23.8 Å². The number of hydrogen-bond acceptors (Lipinski definition) is 2. The zero-order valence-electron chi connectivity index (χ0n) is 10.2. The van der Waals surface area contributed by atoms with Crippen molar-refractivity contribution in [3.05, 3.63) is 64.2 Å². The van der Waals surface area contributed by atoms with Gasteiger partial charge in [0.1, 0.15) is 29.0 Å². The summed E-state index contributed by atoms with van der Waals surface area (Å²) < 4.78 is 31.4. The van der Waals surface area contributed by atoms with Gasteiger partial charge in [-0.2, -0.15) is 0 Å². The molecular weight excluding hydrogens is 304 g/mol. The van der Waals surface area contributed by atoms with E-state index in [0.29, 0.717) is 21.9 Å². The predicted molar refractivity (Wildman–Crippen MR) is 78.0 cm³/mol. The Hall–Kier alpha value is -1.72. The Morgan fingerprint density at radius 3 is 2.35 bits per heavy atom. The minimum atomic E-state index is -0.648. The normalized spacial score (nSPS) is 10.3. The van der Waals surface area contributed by atoms with Crippen molar-refractivity contribution in [1.82, 2.24) is 0 Å². The van der Waals surface area contributed by atoms with E-state index >= 15 is 0 Å². The number of hydrogen-bond donors (Lipinski definition) is 1. The second kappa shape index (κ2) is 6.15. The topological polar surface area (TPSA) is 35.2 Å². The standard InChI is InChI=1S/C14H10ClF2NOS/c15-13-6-11(1-2-12(13)14(18)20)19-7-8-3-9(16)5-10(17)4-8/h1-6H,7H2,(H2,18,20). The summed E-state index contributed by atoms with van der Waals surface area (Å²) in [6.07, 6.45) is 0. The highest BCUT2D eigenvalue weighted by molar-refractivity contribution is 7.80. The molecule has 0 atom stereocenters. The lowest BCUT2D eigenvalue weighted by atomic mass is 10.2. The highest BCUT2D eigenvalue weighted by atomic mass is 35.5. The zero-order chi connectivity index (χ0) is 14.7. The molecule has 2 aromatic carbocycles. The van der Waals surface area contributed by atoms with E-state index < -0.39 is 11.6 Å². The van der Waals surface area contributed by atoms with Crippen molar-refractivity contribution >= 4 is 28.8 Å². The predicted octanol–water partition coefficient (Wildman–Crippen LogP) is 3.83. The average molecular weight is 314 g/mol. The minimum Gasteiger partial charge on any atom is -0.489 e. The summed E-state index contributed by atoms with van der Waals surface area (Å²) in [6.45, 7) is 0.0252. The maximum Gasteiger partial charge on any atom is 0.126 e. The molecule has 0 aliphatic carbocycles. The van der Waals surface area contributed by atoms with Crippen LogP contribution < -0.4 is 10.5 Å². The molecule has 0 fully saturated rings. The summed E-state index contributed by atoms with van der Waals surface area (Å²) in [7, 11) is 0. The Morgan fingerprint density at radius 2 is 1.80 bits per heavy atom. The minimum absolute atomic E-state index is 0.0252. The van der Waals surface area contributed by atoms with Crippen LogP contribution in [0.25, 0.3) is 0 Å². The molecule has 0 aromatic heterocycles. The molecule has 0 amide bonds. The van der Waals surface area contributed by atoms with Gasteiger partial charge in [-0.3, -0.25) is 0 Å². The van der Waals surface area contributed by atoms with Crippen molar-refractivity contribution in [2.24, 2.45) is 5.73 Å². The van der Waals surface area contributed by atoms with Crippen LogP contribution >= 0.6 is 23.8 Å². The summed E-state index contributed by atoms with van der Waals surface area (Å²) in [5, 5.41) is 0.362. The maximum absolute atomic E-state index is 13.0. The van der Waals surface area contributed by atoms with Crippen LogP contribution in [0.3, 0.4) is 0 Å². The Bertz CT molecular complexity index is 643. The number of benzene rings is 2. The number of halogens is 3. The second-order valence-corrected chi connectivity index (χ2v) is 4.92. The van der Waals surface area contributed by atoms with Gasteiger partial charge in [0.25, 0.3) is 0 Å². The molecule has 0 aliphatic heterocycles. The van der Waals surface area contributed by atoms with Gasteiger partial charge in [0.15, 0.2) is 0 Å². The van der Waals surface area contributed by atoms with Crippen molar-refractivity contribution < 1.29 is 13.5 Å². The van der Waals surface area contributed by atoms with E-state index in [4.69, 9.17) is 34.3 Å². The van der Waals surface area contributed by atoms with Crippen LogP contribution in [-0.2, 0) is 6.61 Å². The van der Waals surface area contributed by atoms with E-state index in [0.717, 1.165) is 6.07 Å². The van der Waals surface area contributed by atoms with Crippen molar-refractivity contribution in [3.63, 3.8) is 0 Å². The smallest absolute Gasteiger partial charge is 0.126 e. The quantitative estimate of drug-likeness (QED) is 0.871. The lowest BCUT2D eigenvalue weighted by Gasteiger charge is -2.09. The first-order chi connectivity index (χ1) is 9.45. The second-order valence-electron chi connectivity index (χ2n) is 4.07. The Kier molecular flexibility index (Phi) is 4.52. The van der Waals surface area contributed by atoms with E-state index in [9.17, 15) is 8.78 Å². The fraction of sp³-hybridized carbons (Fsp3) is 0.0714. The fourth-order valence-electron chi connectivity index (χ4n) is 1.65. The summed E-state index contributed by atoms with van der Waals surface area (Å²) in [5.74, 6) is -0.837. The molecule has 0 spiro atoms. The molecule has 2 N–H and O–H groups in total. The maximum atomic E-state index is 13.0. The van der Waals surface area contributed by atoms with E-state index in [2.05, 4.69) is 0 Å². The lowest BCUT2D eigenvalue weighted by molar-refractivity contribution is 0.305. The monoisotopic (exact) mass is 313 g/mol. The first-order valence-corrected chi connectivity index (χ1v) is 6.41. The number of nitrogens with two attached hydrogens (primary N) is 1. The molecule has 0 aliphatic rings. The molecule has 20 heavy (non-hydrogen) atoms. The molecule has 104 valence electrons. The first-order valence-electron chi connectivity index (χ1n) is 5.63. The summed E-state index contributed by atoms with van der Waals surface area (Å²) >= 11 is 10.8. The molecule has 2 nitrogen and oxygen atoms in total. The van der Waals surface area contributed by atoms with Crippen LogP contribution in [-0.4, -0.2) is 4.99 Å². The van der Waals surface area contributed by atoms with E-state index in [1.54, 1.807) is 18.2 Å². The summed E-state index contributed by atoms with van der Waals surface area (Å²) in [6, 6.07) is 8.02.